The minimum Gasteiger partial charge on any atom is -0.406 e. The fourth-order valence-corrected chi connectivity index (χ4v) is 1.79. The normalized spacial score (nSPS) is 10.7. The number of nitrogens with one attached hydrogen (secondary N) is 1. The molecule has 0 amide bonds. The summed E-state index contributed by atoms with van der Waals surface area (Å²) in [4.78, 5) is 12.1. The van der Waals surface area contributed by atoms with Gasteiger partial charge < -0.3 is 15.0 Å². The molecule has 0 aliphatic carbocycles. The molecule has 1 aromatic carbocycles. The Morgan fingerprint density at radius 1 is 1.22 bits per heavy atom. The van der Waals surface area contributed by atoms with Gasteiger partial charge in [-0.25, -0.2) is 9.97 Å². The van der Waals surface area contributed by atoms with Crippen LogP contribution in [0.25, 0.3) is 5.57 Å². The summed E-state index contributed by atoms with van der Waals surface area (Å²) >= 11 is 0. The molecular formula is C19H21F3N4O. The van der Waals surface area contributed by atoms with Crippen molar-refractivity contribution >= 4 is 23.3 Å². The lowest BCUT2D eigenvalue weighted by atomic mass is 10.2. The molecule has 1 aromatic heterocycles. The average molecular weight is 378 g/mol. The highest BCUT2D eigenvalue weighted by Gasteiger charge is 2.30. The number of aromatic nitrogens is 2. The summed E-state index contributed by atoms with van der Waals surface area (Å²) in [6, 6.07) is 7.03. The van der Waals surface area contributed by atoms with E-state index in [2.05, 4.69) is 38.2 Å². The summed E-state index contributed by atoms with van der Waals surface area (Å²) in [7, 11) is 1.75. The van der Waals surface area contributed by atoms with Crippen molar-refractivity contribution in [2.24, 2.45) is 4.99 Å². The lowest BCUT2D eigenvalue weighted by Crippen LogP contribution is -2.16. The molecule has 27 heavy (non-hydrogen) atoms. The SMILES string of the molecule is C=CC(=C)c1cc(Nc2ccc(OC(F)(F)F)cc2)nc(C)n1.CC=NC. The van der Waals surface area contributed by atoms with Crippen molar-refractivity contribution in [1.82, 2.24) is 9.97 Å². The molecule has 5 nitrogen and oxygen atoms in total. The monoisotopic (exact) mass is 378 g/mol. The van der Waals surface area contributed by atoms with Crippen LogP contribution in [0.15, 0.2) is 54.6 Å². The zero-order chi connectivity index (χ0) is 20.4. The first-order valence-corrected chi connectivity index (χ1v) is 7.85. The Morgan fingerprint density at radius 2 is 1.81 bits per heavy atom. The highest BCUT2D eigenvalue weighted by atomic mass is 19.4. The van der Waals surface area contributed by atoms with Gasteiger partial charge in [0.05, 0.1) is 5.69 Å². The van der Waals surface area contributed by atoms with Crippen LogP contribution in [-0.2, 0) is 0 Å². The van der Waals surface area contributed by atoms with Crippen molar-refractivity contribution in [3.63, 3.8) is 0 Å². The Morgan fingerprint density at radius 3 is 2.30 bits per heavy atom. The van der Waals surface area contributed by atoms with Crippen molar-refractivity contribution in [2.75, 3.05) is 12.4 Å². The number of rotatable bonds is 5. The maximum absolute atomic E-state index is 12.1. The Bertz CT molecular complexity index is 796. The summed E-state index contributed by atoms with van der Waals surface area (Å²) < 4.78 is 40.2. The number of anilines is 2. The number of benzene rings is 1. The number of alkyl halides is 3. The summed E-state index contributed by atoms with van der Waals surface area (Å²) in [5.74, 6) is 0.743. The Kier molecular flexibility index (Phi) is 8.19. The van der Waals surface area contributed by atoms with E-state index in [0.717, 1.165) is 0 Å². The average Bonchev–Trinajstić information content (AvgIpc) is 2.61. The molecule has 8 heteroatoms. The van der Waals surface area contributed by atoms with Gasteiger partial charge in [-0.15, -0.1) is 13.2 Å². The smallest absolute Gasteiger partial charge is 0.406 e. The number of halogens is 3. The molecule has 0 fully saturated rings. The molecule has 144 valence electrons. The second kappa shape index (κ2) is 10.1. The van der Waals surface area contributed by atoms with Crippen molar-refractivity contribution in [3.05, 3.63) is 61.1 Å². The number of hydrogen-bond donors (Lipinski definition) is 1. The van der Waals surface area contributed by atoms with Crippen molar-refractivity contribution in [1.29, 1.82) is 0 Å². The van der Waals surface area contributed by atoms with Crippen molar-refractivity contribution < 1.29 is 17.9 Å². The maximum atomic E-state index is 12.1. The van der Waals surface area contributed by atoms with Crippen LogP contribution >= 0.6 is 0 Å². The molecule has 2 aromatic rings. The second-order valence-corrected chi connectivity index (χ2v) is 5.13. The van der Waals surface area contributed by atoms with Crippen LogP contribution < -0.4 is 10.1 Å². The van der Waals surface area contributed by atoms with Gasteiger partial charge in [0.25, 0.3) is 0 Å². The molecule has 1 heterocycles. The minimum absolute atomic E-state index is 0.289. The molecule has 0 atom stereocenters. The molecule has 2 rings (SSSR count). The summed E-state index contributed by atoms with van der Waals surface area (Å²) in [5, 5.41) is 2.99. The number of aryl methyl sites for hydroxylation is 1. The zero-order valence-corrected chi connectivity index (χ0v) is 15.3. The molecular weight excluding hydrogens is 357 g/mol. The highest BCUT2D eigenvalue weighted by molar-refractivity contribution is 5.71. The standard InChI is InChI=1S/C16H14F3N3O.C3H7N/c1-4-10(2)14-9-15(21-11(3)20-14)22-12-5-7-13(8-6-12)23-16(17,18)19;1-3-4-2/h4-9H,1-2H2,3H3,(H,20,21,22);3H,1-2H3. The third-order valence-electron chi connectivity index (χ3n) is 3.03. The lowest BCUT2D eigenvalue weighted by molar-refractivity contribution is -0.274. The van der Waals surface area contributed by atoms with Crippen LogP contribution in [0.5, 0.6) is 5.75 Å². The van der Waals surface area contributed by atoms with Gasteiger partial charge in [-0.2, -0.15) is 0 Å². The molecule has 0 aliphatic rings. The summed E-state index contributed by atoms with van der Waals surface area (Å²) in [6.45, 7) is 11.1. The molecule has 0 unspecified atom stereocenters. The van der Waals surface area contributed by atoms with E-state index in [9.17, 15) is 13.2 Å². The summed E-state index contributed by atoms with van der Waals surface area (Å²) in [5.41, 5.74) is 1.83. The van der Waals surface area contributed by atoms with E-state index in [0.29, 0.717) is 28.6 Å². The van der Waals surface area contributed by atoms with E-state index in [1.807, 2.05) is 6.92 Å². The topological polar surface area (TPSA) is 59.4 Å². The Hall–Kier alpha value is -3.16. The molecule has 0 aliphatic heterocycles. The van der Waals surface area contributed by atoms with E-state index < -0.39 is 6.36 Å². The fraction of sp³-hybridized carbons (Fsp3) is 0.211. The van der Waals surface area contributed by atoms with Gasteiger partial charge in [0.2, 0.25) is 0 Å². The highest BCUT2D eigenvalue weighted by Crippen LogP contribution is 2.25. The predicted octanol–water partition coefficient (Wildman–Crippen LogP) is 5.33. The maximum Gasteiger partial charge on any atom is 0.573 e. The number of hydrogen-bond acceptors (Lipinski definition) is 5. The largest absolute Gasteiger partial charge is 0.573 e. The van der Waals surface area contributed by atoms with Gasteiger partial charge in [-0.3, -0.25) is 0 Å². The predicted molar refractivity (Wildman–Crippen MR) is 102 cm³/mol. The quantitative estimate of drug-likeness (QED) is 0.564. The summed E-state index contributed by atoms with van der Waals surface area (Å²) in [6.07, 6.45) is -1.38. The van der Waals surface area contributed by atoms with Gasteiger partial charge in [0.1, 0.15) is 17.4 Å². The molecule has 0 bridgehead atoms. The van der Waals surface area contributed by atoms with Crippen LogP contribution in [0.3, 0.4) is 0 Å². The van der Waals surface area contributed by atoms with Crippen LogP contribution in [0.4, 0.5) is 24.7 Å². The Balaban J connectivity index is 0.000000828. The second-order valence-electron chi connectivity index (χ2n) is 5.13. The van der Waals surface area contributed by atoms with E-state index >= 15 is 0 Å². The van der Waals surface area contributed by atoms with Gasteiger partial charge in [0.15, 0.2) is 0 Å². The molecule has 0 radical (unpaired) electrons. The molecule has 1 N–H and O–H groups in total. The molecule has 0 saturated carbocycles. The van der Waals surface area contributed by atoms with Gasteiger partial charge >= 0.3 is 6.36 Å². The number of ether oxygens (including phenoxy) is 1. The minimum atomic E-state index is -4.71. The van der Waals surface area contributed by atoms with Gasteiger partial charge in [-0.05, 0) is 49.9 Å². The fourth-order valence-electron chi connectivity index (χ4n) is 1.79. The van der Waals surface area contributed by atoms with Gasteiger partial charge in [0, 0.05) is 18.8 Å². The van der Waals surface area contributed by atoms with Crippen LogP contribution in [0.1, 0.15) is 18.4 Å². The van der Waals surface area contributed by atoms with Crippen LogP contribution in [0, 0.1) is 6.92 Å². The van der Waals surface area contributed by atoms with E-state index in [4.69, 9.17) is 0 Å². The number of nitrogens with zero attached hydrogens (tertiary/aromatic N) is 3. The number of aliphatic imine (C=N–C) groups is 1. The van der Waals surface area contributed by atoms with Crippen molar-refractivity contribution in [3.8, 4) is 5.75 Å². The first-order chi connectivity index (χ1) is 12.7. The van der Waals surface area contributed by atoms with Crippen LogP contribution in [0.2, 0.25) is 0 Å². The van der Waals surface area contributed by atoms with Crippen molar-refractivity contribution in [2.45, 2.75) is 20.2 Å². The van der Waals surface area contributed by atoms with Crippen LogP contribution in [-0.4, -0.2) is 29.6 Å². The first-order valence-electron chi connectivity index (χ1n) is 7.85. The van der Waals surface area contributed by atoms with E-state index in [1.165, 1.54) is 24.3 Å². The number of allylic oxidation sites excluding steroid dienone is 2. The zero-order valence-electron chi connectivity index (χ0n) is 15.3. The Labute approximate surface area is 156 Å². The lowest BCUT2D eigenvalue weighted by Gasteiger charge is -2.11. The molecule has 0 saturated heterocycles. The van der Waals surface area contributed by atoms with E-state index in [1.54, 1.807) is 32.3 Å². The van der Waals surface area contributed by atoms with Gasteiger partial charge in [-0.1, -0.05) is 19.2 Å². The first kappa shape index (κ1) is 21.9. The molecule has 0 spiro atoms. The third-order valence-corrected chi connectivity index (χ3v) is 3.03. The third kappa shape index (κ3) is 8.17. The van der Waals surface area contributed by atoms with E-state index in [-0.39, 0.29) is 5.75 Å².